The van der Waals surface area contributed by atoms with Gasteiger partial charge >= 0.3 is 0 Å². The Labute approximate surface area is 170 Å². The quantitative estimate of drug-likeness (QED) is 0.295. The lowest BCUT2D eigenvalue weighted by Crippen LogP contribution is -1.96. The van der Waals surface area contributed by atoms with E-state index in [0.717, 1.165) is 0 Å². The van der Waals surface area contributed by atoms with Gasteiger partial charge in [-0.15, -0.1) is 0 Å². The SMILES string of the molecule is Cc1ccc(-c2cc3cccc4cc(-c5ccc(C)cc5)c5ccc2n5c34)cc1. The first kappa shape index (κ1) is 16.4. The number of para-hydroxylation sites is 1. The summed E-state index contributed by atoms with van der Waals surface area (Å²) in [6.07, 6.45) is 0. The number of aryl methyl sites for hydroxylation is 2. The van der Waals surface area contributed by atoms with Crippen LogP contribution in [0.2, 0.25) is 0 Å². The molecule has 3 aromatic heterocycles. The van der Waals surface area contributed by atoms with Crippen molar-refractivity contribution in [3.63, 3.8) is 0 Å². The molecule has 29 heavy (non-hydrogen) atoms. The first-order valence-corrected chi connectivity index (χ1v) is 10.1. The van der Waals surface area contributed by atoms with Crippen LogP contribution in [0.5, 0.6) is 0 Å². The molecule has 0 saturated carbocycles. The summed E-state index contributed by atoms with van der Waals surface area (Å²) in [4.78, 5) is 0. The van der Waals surface area contributed by atoms with E-state index in [2.05, 4.69) is 109 Å². The predicted octanol–water partition coefficient (Wildman–Crippen LogP) is 7.63. The van der Waals surface area contributed by atoms with Crippen molar-refractivity contribution in [2.45, 2.75) is 13.8 Å². The van der Waals surface area contributed by atoms with Crippen LogP contribution in [0, 0.1) is 13.8 Å². The summed E-state index contributed by atoms with van der Waals surface area (Å²) in [5.74, 6) is 0. The molecular formula is C28H21N. The van der Waals surface area contributed by atoms with Crippen molar-refractivity contribution >= 4 is 27.3 Å². The van der Waals surface area contributed by atoms with E-state index < -0.39 is 0 Å². The summed E-state index contributed by atoms with van der Waals surface area (Å²) >= 11 is 0. The molecule has 0 aliphatic heterocycles. The average molecular weight is 371 g/mol. The number of nitrogens with zero attached hydrogens (tertiary/aromatic N) is 1. The van der Waals surface area contributed by atoms with Crippen LogP contribution < -0.4 is 0 Å². The minimum atomic E-state index is 1.26. The van der Waals surface area contributed by atoms with Crippen LogP contribution in [0.1, 0.15) is 11.1 Å². The van der Waals surface area contributed by atoms with Gasteiger partial charge < -0.3 is 4.40 Å². The lowest BCUT2D eigenvalue weighted by Gasteiger charge is -2.16. The molecule has 3 aromatic carbocycles. The van der Waals surface area contributed by atoms with Crippen LogP contribution in [-0.4, -0.2) is 4.40 Å². The van der Waals surface area contributed by atoms with Crippen LogP contribution in [0.15, 0.2) is 91.0 Å². The smallest absolute Gasteiger partial charge is 0.0607 e. The molecule has 138 valence electrons. The molecule has 6 aromatic rings. The fourth-order valence-corrected chi connectivity index (χ4v) is 4.56. The lowest BCUT2D eigenvalue weighted by molar-refractivity contribution is 1.33. The molecule has 6 rings (SSSR count). The zero-order chi connectivity index (χ0) is 19.5. The molecule has 0 amide bonds. The second-order valence-corrected chi connectivity index (χ2v) is 8.07. The van der Waals surface area contributed by atoms with E-state index in [0.29, 0.717) is 0 Å². The van der Waals surface area contributed by atoms with Gasteiger partial charge in [-0.2, -0.15) is 0 Å². The van der Waals surface area contributed by atoms with E-state index in [4.69, 9.17) is 0 Å². The Kier molecular flexibility index (Phi) is 3.36. The molecular weight excluding hydrogens is 350 g/mol. The van der Waals surface area contributed by atoms with Crippen molar-refractivity contribution in [1.29, 1.82) is 0 Å². The van der Waals surface area contributed by atoms with Gasteiger partial charge in [-0.05, 0) is 60.0 Å². The number of hydrogen-bond donors (Lipinski definition) is 0. The summed E-state index contributed by atoms with van der Waals surface area (Å²) in [5.41, 5.74) is 11.5. The van der Waals surface area contributed by atoms with E-state index in [1.54, 1.807) is 0 Å². The maximum absolute atomic E-state index is 2.45. The number of aromatic nitrogens is 1. The highest BCUT2D eigenvalue weighted by Gasteiger charge is 2.16. The second kappa shape index (κ2) is 5.96. The van der Waals surface area contributed by atoms with Crippen LogP contribution in [0.25, 0.3) is 49.6 Å². The Bertz CT molecular complexity index is 1370. The molecule has 0 spiro atoms. The van der Waals surface area contributed by atoms with Crippen molar-refractivity contribution in [3.05, 3.63) is 102 Å². The van der Waals surface area contributed by atoms with Crippen molar-refractivity contribution in [3.8, 4) is 22.3 Å². The third kappa shape index (κ3) is 2.41. The summed E-state index contributed by atoms with van der Waals surface area (Å²) in [6.45, 7) is 4.27. The topological polar surface area (TPSA) is 4.41 Å². The second-order valence-electron chi connectivity index (χ2n) is 8.07. The van der Waals surface area contributed by atoms with Crippen molar-refractivity contribution in [2.24, 2.45) is 0 Å². The highest BCUT2D eigenvalue weighted by Crippen LogP contribution is 2.38. The van der Waals surface area contributed by atoms with Crippen molar-refractivity contribution < 1.29 is 0 Å². The zero-order valence-corrected chi connectivity index (χ0v) is 16.6. The van der Waals surface area contributed by atoms with Gasteiger partial charge in [-0.1, -0.05) is 77.9 Å². The highest BCUT2D eigenvalue weighted by molar-refractivity contribution is 6.07. The summed E-state index contributed by atoms with van der Waals surface area (Å²) in [7, 11) is 0. The Morgan fingerprint density at radius 3 is 1.41 bits per heavy atom. The predicted molar refractivity (Wildman–Crippen MR) is 124 cm³/mol. The van der Waals surface area contributed by atoms with E-state index >= 15 is 0 Å². The molecule has 1 nitrogen and oxygen atoms in total. The monoisotopic (exact) mass is 371 g/mol. The maximum atomic E-state index is 2.45. The number of benzene rings is 3. The molecule has 0 saturated heterocycles. The van der Waals surface area contributed by atoms with Gasteiger partial charge in [0.1, 0.15) is 0 Å². The van der Waals surface area contributed by atoms with E-state index in [1.165, 1.54) is 60.7 Å². The molecule has 0 aliphatic rings. The van der Waals surface area contributed by atoms with Crippen LogP contribution in [-0.2, 0) is 0 Å². The fraction of sp³-hybridized carbons (Fsp3) is 0.0714. The largest absolute Gasteiger partial charge is 0.308 e. The molecule has 0 N–H and O–H groups in total. The Morgan fingerprint density at radius 1 is 0.517 bits per heavy atom. The third-order valence-electron chi connectivity index (χ3n) is 6.08. The third-order valence-corrected chi connectivity index (χ3v) is 6.08. The molecule has 0 bridgehead atoms. The Hall–Kier alpha value is -3.58. The van der Waals surface area contributed by atoms with E-state index in [1.807, 2.05) is 0 Å². The lowest BCUT2D eigenvalue weighted by atomic mass is 9.98. The van der Waals surface area contributed by atoms with E-state index in [-0.39, 0.29) is 0 Å². The normalized spacial score (nSPS) is 11.8. The first-order chi connectivity index (χ1) is 14.2. The van der Waals surface area contributed by atoms with Gasteiger partial charge in [0.2, 0.25) is 0 Å². The van der Waals surface area contributed by atoms with Crippen LogP contribution >= 0.6 is 0 Å². The number of pyridine rings is 2. The van der Waals surface area contributed by atoms with E-state index in [9.17, 15) is 0 Å². The molecule has 0 radical (unpaired) electrons. The summed E-state index contributed by atoms with van der Waals surface area (Å²) in [5, 5.41) is 2.56. The van der Waals surface area contributed by atoms with Crippen LogP contribution in [0.3, 0.4) is 0 Å². The van der Waals surface area contributed by atoms with Gasteiger partial charge in [-0.25, -0.2) is 0 Å². The van der Waals surface area contributed by atoms with Gasteiger partial charge in [0.05, 0.1) is 16.6 Å². The maximum Gasteiger partial charge on any atom is 0.0607 e. The van der Waals surface area contributed by atoms with Gasteiger partial charge in [0.25, 0.3) is 0 Å². The van der Waals surface area contributed by atoms with Gasteiger partial charge in [-0.3, -0.25) is 0 Å². The Balaban J connectivity index is 1.75. The molecule has 0 fully saturated rings. The molecule has 0 aliphatic carbocycles. The minimum Gasteiger partial charge on any atom is -0.308 e. The van der Waals surface area contributed by atoms with Gasteiger partial charge in [0, 0.05) is 11.1 Å². The standard InChI is InChI=1S/C28H21N/c1-18-6-10-20(11-7-18)24-16-22-4-3-5-23-17-25(21-12-8-19(2)9-13-21)27-15-14-26(24)29(27)28(22)23/h3-17H,1-2H3. The minimum absolute atomic E-state index is 1.26. The zero-order valence-electron chi connectivity index (χ0n) is 16.6. The molecule has 1 heteroatoms. The summed E-state index contributed by atoms with van der Waals surface area (Å²) in [6, 6.07) is 33.5. The first-order valence-electron chi connectivity index (χ1n) is 10.1. The highest BCUT2D eigenvalue weighted by atomic mass is 14.9. The fourth-order valence-electron chi connectivity index (χ4n) is 4.56. The van der Waals surface area contributed by atoms with Gasteiger partial charge in [0.15, 0.2) is 0 Å². The Morgan fingerprint density at radius 2 is 0.966 bits per heavy atom. The average Bonchev–Trinajstić information content (AvgIpc) is 3.19. The van der Waals surface area contributed by atoms with Crippen molar-refractivity contribution in [2.75, 3.05) is 0 Å². The molecule has 3 heterocycles. The molecule has 0 unspecified atom stereocenters. The summed E-state index contributed by atoms with van der Waals surface area (Å²) < 4.78 is 2.45. The van der Waals surface area contributed by atoms with Crippen LogP contribution in [0.4, 0.5) is 0 Å². The van der Waals surface area contributed by atoms with Crippen molar-refractivity contribution in [1.82, 2.24) is 4.40 Å². The molecule has 0 atom stereocenters. The number of hydrogen-bond acceptors (Lipinski definition) is 0. The number of rotatable bonds is 2.